The van der Waals surface area contributed by atoms with E-state index < -0.39 is 5.97 Å². The monoisotopic (exact) mass is 246 g/mol. The highest BCUT2D eigenvalue weighted by molar-refractivity contribution is 5.94. The van der Waals surface area contributed by atoms with Crippen LogP contribution in [0.3, 0.4) is 0 Å². The molecule has 3 atom stereocenters. The molecule has 3 heteroatoms. The maximum absolute atomic E-state index is 11.8. The van der Waals surface area contributed by atoms with Crippen LogP contribution < -0.4 is 0 Å². The first-order valence-electron chi connectivity index (χ1n) is 6.21. The fraction of sp³-hybridized carbons (Fsp3) is 0.467. The molecule has 0 saturated heterocycles. The first-order valence-corrected chi connectivity index (χ1v) is 6.21. The van der Waals surface area contributed by atoms with Gasteiger partial charge in [-0.05, 0) is 30.4 Å². The first-order chi connectivity index (χ1) is 8.36. The minimum absolute atomic E-state index is 0.0713. The molecule has 1 N–H and O–H groups in total. The molecule has 0 fully saturated rings. The smallest absolute Gasteiger partial charge is 0.331 e. The van der Waals surface area contributed by atoms with Crippen LogP contribution in [0.25, 0.3) is 0 Å². The Hall–Kier alpha value is -1.64. The minimum atomic E-state index is -0.939. The molecule has 0 unspecified atom stereocenters. The van der Waals surface area contributed by atoms with Gasteiger partial charge in [0.1, 0.15) is 0 Å². The van der Waals surface area contributed by atoms with Gasteiger partial charge >= 0.3 is 5.97 Å². The van der Waals surface area contributed by atoms with Crippen LogP contribution in [-0.4, -0.2) is 16.9 Å². The third-order valence-corrected chi connectivity index (χ3v) is 4.53. The number of allylic oxidation sites excluding steroid dienone is 4. The van der Waals surface area contributed by atoms with Crippen molar-refractivity contribution in [1.82, 2.24) is 0 Å². The van der Waals surface area contributed by atoms with Gasteiger partial charge in [0, 0.05) is 16.9 Å². The Balaban J connectivity index is 2.34. The highest BCUT2D eigenvalue weighted by atomic mass is 16.4. The van der Waals surface area contributed by atoms with Crippen molar-refractivity contribution in [2.24, 2.45) is 17.3 Å². The summed E-state index contributed by atoms with van der Waals surface area (Å²) >= 11 is 0. The number of carbonyl (C=O) groups excluding carboxylic acids is 1. The Labute approximate surface area is 107 Å². The molecule has 0 saturated carbocycles. The molecule has 0 heterocycles. The van der Waals surface area contributed by atoms with E-state index in [-0.39, 0.29) is 28.6 Å². The summed E-state index contributed by atoms with van der Waals surface area (Å²) in [4.78, 5) is 22.8. The lowest BCUT2D eigenvalue weighted by Gasteiger charge is -2.43. The lowest BCUT2D eigenvalue weighted by Crippen LogP contribution is -2.39. The quantitative estimate of drug-likeness (QED) is 0.762. The number of carboxylic acids is 1. The second-order valence-corrected chi connectivity index (χ2v) is 5.50. The third-order valence-electron chi connectivity index (χ3n) is 4.53. The zero-order valence-electron chi connectivity index (χ0n) is 10.8. The van der Waals surface area contributed by atoms with Crippen molar-refractivity contribution in [3.8, 4) is 0 Å². The number of carboxylic acid groups (broad SMARTS) is 1. The predicted octanol–water partition coefficient (Wildman–Crippen LogP) is 2.74. The van der Waals surface area contributed by atoms with Gasteiger partial charge in [-0.25, -0.2) is 4.79 Å². The fourth-order valence-electron chi connectivity index (χ4n) is 2.97. The van der Waals surface area contributed by atoms with E-state index in [0.717, 1.165) is 5.57 Å². The van der Waals surface area contributed by atoms with E-state index in [1.807, 2.05) is 19.9 Å². The van der Waals surface area contributed by atoms with Crippen molar-refractivity contribution < 1.29 is 14.7 Å². The maximum Gasteiger partial charge on any atom is 0.331 e. The van der Waals surface area contributed by atoms with Gasteiger partial charge in [-0.1, -0.05) is 32.6 Å². The van der Waals surface area contributed by atoms with Gasteiger partial charge in [-0.15, -0.1) is 0 Å². The zero-order valence-corrected chi connectivity index (χ0v) is 10.8. The largest absolute Gasteiger partial charge is 0.478 e. The van der Waals surface area contributed by atoms with Gasteiger partial charge in [0.15, 0.2) is 5.78 Å². The van der Waals surface area contributed by atoms with Crippen LogP contribution in [0.15, 0.2) is 36.0 Å². The Kier molecular flexibility index (Phi) is 3.01. The van der Waals surface area contributed by atoms with Gasteiger partial charge in [0.25, 0.3) is 0 Å². The standard InChI is InChI=1S/C15H18O3/c1-9(14(17)18)11-4-5-12-6-7-13(16)10(2)15(12,3)8-11/h5-7,10-11H,1,4,8H2,2-3H3,(H,17,18)/t10-,11+,15+/m0/s1. The van der Waals surface area contributed by atoms with E-state index in [2.05, 4.69) is 12.7 Å². The van der Waals surface area contributed by atoms with Crippen molar-refractivity contribution in [2.45, 2.75) is 26.7 Å². The molecule has 96 valence electrons. The SMILES string of the molecule is C=C(C(=O)O)[C@@H]1CC=C2C=CC(=O)[C@H](C)[C@@]2(C)C1. The Bertz CT molecular complexity index is 484. The van der Waals surface area contributed by atoms with Crippen molar-refractivity contribution in [3.63, 3.8) is 0 Å². The fourth-order valence-corrected chi connectivity index (χ4v) is 2.97. The highest BCUT2D eigenvalue weighted by Gasteiger charge is 2.44. The van der Waals surface area contributed by atoms with Crippen LogP contribution in [0, 0.1) is 17.3 Å². The number of fused-ring (bicyclic) bond motifs is 1. The predicted molar refractivity (Wildman–Crippen MR) is 69.0 cm³/mol. The summed E-state index contributed by atoms with van der Waals surface area (Å²) in [6.45, 7) is 7.63. The topological polar surface area (TPSA) is 54.4 Å². The number of carbonyl (C=O) groups is 2. The molecule has 0 aromatic rings. The van der Waals surface area contributed by atoms with Crippen LogP contribution in [0.2, 0.25) is 0 Å². The molecule has 0 radical (unpaired) electrons. The summed E-state index contributed by atoms with van der Waals surface area (Å²) in [6, 6.07) is 0. The molecule has 0 aromatic heterocycles. The van der Waals surface area contributed by atoms with Gasteiger partial charge in [-0.3, -0.25) is 4.79 Å². The highest BCUT2D eigenvalue weighted by Crippen LogP contribution is 2.49. The molecule has 0 aromatic carbocycles. The van der Waals surface area contributed by atoms with E-state index in [9.17, 15) is 9.59 Å². The zero-order chi connectivity index (χ0) is 13.5. The summed E-state index contributed by atoms with van der Waals surface area (Å²) in [5.41, 5.74) is 1.15. The molecular formula is C15H18O3. The molecule has 2 aliphatic carbocycles. The lowest BCUT2D eigenvalue weighted by atomic mass is 9.59. The summed E-state index contributed by atoms with van der Waals surface area (Å²) < 4.78 is 0. The van der Waals surface area contributed by atoms with Crippen LogP contribution in [0.4, 0.5) is 0 Å². The third kappa shape index (κ3) is 1.84. The normalized spacial score (nSPS) is 34.8. The molecule has 18 heavy (non-hydrogen) atoms. The summed E-state index contributed by atoms with van der Waals surface area (Å²) in [5, 5.41) is 9.03. The van der Waals surface area contributed by atoms with Gasteiger partial charge in [0.2, 0.25) is 0 Å². The number of hydrogen-bond acceptors (Lipinski definition) is 2. The molecule has 2 aliphatic rings. The minimum Gasteiger partial charge on any atom is -0.478 e. The summed E-state index contributed by atoms with van der Waals surface area (Å²) in [6.07, 6.45) is 6.94. The van der Waals surface area contributed by atoms with E-state index in [1.54, 1.807) is 6.08 Å². The lowest BCUT2D eigenvalue weighted by molar-refractivity contribution is -0.133. The average Bonchev–Trinajstić information content (AvgIpc) is 2.33. The second-order valence-electron chi connectivity index (χ2n) is 5.50. The Morgan fingerprint density at radius 3 is 2.78 bits per heavy atom. The van der Waals surface area contributed by atoms with E-state index in [1.165, 1.54) is 0 Å². The van der Waals surface area contributed by atoms with E-state index >= 15 is 0 Å². The number of aliphatic carboxylic acids is 1. The number of ketones is 1. The Morgan fingerprint density at radius 2 is 2.17 bits per heavy atom. The number of hydrogen-bond donors (Lipinski definition) is 1. The second kappa shape index (κ2) is 4.23. The van der Waals surface area contributed by atoms with Crippen LogP contribution in [0.5, 0.6) is 0 Å². The Morgan fingerprint density at radius 1 is 1.50 bits per heavy atom. The molecule has 3 nitrogen and oxygen atoms in total. The van der Waals surface area contributed by atoms with Crippen molar-refractivity contribution in [3.05, 3.63) is 36.0 Å². The van der Waals surface area contributed by atoms with Crippen LogP contribution in [0.1, 0.15) is 26.7 Å². The van der Waals surface area contributed by atoms with Crippen LogP contribution >= 0.6 is 0 Å². The number of rotatable bonds is 2. The summed E-state index contributed by atoms with van der Waals surface area (Å²) in [7, 11) is 0. The van der Waals surface area contributed by atoms with Crippen molar-refractivity contribution in [1.29, 1.82) is 0 Å². The molecule has 0 aliphatic heterocycles. The maximum atomic E-state index is 11.8. The van der Waals surface area contributed by atoms with E-state index in [4.69, 9.17) is 5.11 Å². The first kappa shape index (κ1) is 12.8. The molecule has 0 amide bonds. The summed E-state index contributed by atoms with van der Waals surface area (Å²) in [5.74, 6) is -0.988. The van der Waals surface area contributed by atoms with Gasteiger partial charge in [0.05, 0.1) is 0 Å². The molecule has 0 spiro atoms. The van der Waals surface area contributed by atoms with Crippen LogP contribution in [-0.2, 0) is 9.59 Å². The van der Waals surface area contributed by atoms with Gasteiger partial charge in [-0.2, -0.15) is 0 Å². The van der Waals surface area contributed by atoms with Crippen molar-refractivity contribution in [2.75, 3.05) is 0 Å². The van der Waals surface area contributed by atoms with E-state index in [0.29, 0.717) is 12.8 Å². The molecular weight excluding hydrogens is 228 g/mol. The van der Waals surface area contributed by atoms with Gasteiger partial charge < -0.3 is 5.11 Å². The van der Waals surface area contributed by atoms with Crippen molar-refractivity contribution >= 4 is 11.8 Å². The average molecular weight is 246 g/mol. The molecule has 2 rings (SSSR count). The molecule has 0 bridgehead atoms.